The Bertz CT molecular complexity index is 1130. The Morgan fingerprint density at radius 1 is 1.16 bits per heavy atom. The molecule has 0 atom stereocenters. The van der Waals surface area contributed by atoms with Gasteiger partial charge in [-0.3, -0.25) is 9.20 Å². The molecule has 1 aromatic carbocycles. The number of nitrogens with one attached hydrogen (secondary N) is 1. The van der Waals surface area contributed by atoms with Gasteiger partial charge in [-0.25, -0.2) is 9.37 Å². The third-order valence-corrected chi connectivity index (χ3v) is 7.09. The average Bonchev–Trinajstić information content (AvgIpc) is 3.21. The molecule has 1 fully saturated rings. The van der Waals surface area contributed by atoms with E-state index in [9.17, 15) is 9.18 Å². The summed E-state index contributed by atoms with van der Waals surface area (Å²) in [7, 11) is 0. The Labute approximate surface area is 185 Å². The molecule has 1 N–H and O–H groups in total. The van der Waals surface area contributed by atoms with Crippen LogP contribution < -0.4 is 5.32 Å². The number of aryl methyl sites for hydroxylation is 1. The first-order valence-electron chi connectivity index (χ1n) is 10.8. The number of rotatable bonds is 6. The second kappa shape index (κ2) is 8.85. The summed E-state index contributed by atoms with van der Waals surface area (Å²) >= 11 is 1.49. The fraction of sp³-hybridized carbons (Fsp3) is 0.333. The second-order valence-electron chi connectivity index (χ2n) is 8.14. The molecule has 0 spiro atoms. The lowest BCUT2D eigenvalue weighted by Gasteiger charge is -2.32. The fourth-order valence-electron chi connectivity index (χ4n) is 4.35. The van der Waals surface area contributed by atoms with Crippen molar-refractivity contribution < 1.29 is 9.18 Å². The van der Waals surface area contributed by atoms with Gasteiger partial charge >= 0.3 is 0 Å². The summed E-state index contributed by atoms with van der Waals surface area (Å²) in [6, 6.07) is 13.2. The minimum atomic E-state index is -0.113. The van der Waals surface area contributed by atoms with Crippen molar-refractivity contribution in [3.63, 3.8) is 0 Å². The van der Waals surface area contributed by atoms with Crippen LogP contribution in [0.4, 0.5) is 4.39 Å². The number of halogens is 1. The zero-order chi connectivity index (χ0) is 21.2. The number of benzene rings is 1. The van der Waals surface area contributed by atoms with Crippen LogP contribution in [0, 0.1) is 5.82 Å². The molecule has 7 heteroatoms. The van der Waals surface area contributed by atoms with Gasteiger partial charge in [0.1, 0.15) is 11.5 Å². The Morgan fingerprint density at radius 3 is 2.84 bits per heavy atom. The number of thioether (sulfide) groups is 1. The Hall–Kier alpha value is -2.64. The van der Waals surface area contributed by atoms with Crippen molar-refractivity contribution in [2.24, 2.45) is 0 Å². The maximum atomic E-state index is 13.7. The zero-order valence-electron chi connectivity index (χ0n) is 17.3. The van der Waals surface area contributed by atoms with E-state index in [1.165, 1.54) is 17.8 Å². The summed E-state index contributed by atoms with van der Waals surface area (Å²) in [6.45, 7) is 2.88. The number of amides is 1. The molecule has 2 aliphatic heterocycles. The zero-order valence-corrected chi connectivity index (χ0v) is 18.1. The van der Waals surface area contributed by atoms with Gasteiger partial charge in [0.05, 0.1) is 21.8 Å². The van der Waals surface area contributed by atoms with Crippen LogP contribution in [0.1, 0.15) is 30.5 Å². The van der Waals surface area contributed by atoms with E-state index in [2.05, 4.69) is 19.6 Å². The number of piperidine rings is 1. The van der Waals surface area contributed by atoms with Gasteiger partial charge in [0.2, 0.25) is 0 Å². The van der Waals surface area contributed by atoms with Gasteiger partial charge in [0, 0.05) is 19.1 Å². The van der Waals surface area contributed by atoms with Crippen LogP contribution >= 0.6 is 11.8 Å². The average molecular weight is 437 g/mol. The van der Waals surface area contributed by atoms with Gasteiger partial charge in [-0.15, -0.1) is 0 Å². The van der Waals surface area contributed by atoms with E-state index in [-0.39, 0.29) is 17.8 Å². The molecular weight excluding hydrogens is 411 g/mol. The molecule has 2 aliphatic rings. The van der Waals surface area contributed by atoms with Crippen LogP contribution in [0.15, 0.2) is 58.6 Å². The lowest BCUT2D eigenvalue weighted by molar-refractivity contribution is -0.117. The lowest BCUT2D eigenvalue weighted by Crippen LogP contribution is -2.45. The molecule has 0 unspecified atom stereocenters. The molecule has 160 valence electrons. The van der Waals surface area contributed by atoms with E-state index in [1.54, 1.807) is 6.07 Å². The molecule has 0 radical (unpaired) electrons. The first kappa shape index (κ1) is 20.3. The highest BCUT2D eigenvalue weighted by atomic mass is 32.2. The van der Waals surface area contributed by atoms with E-state index in [1.807, 2.05) is 42.6 Å². The number of aromatic nitrogens is 2. The number of hydrogen-bond acceptors (Lipinski definition) is 4. The molecule has 4 heterocycles. The molecule has 3 aromatic rings. The summed E-state index contributed by atoms with van der Waals surface area (Å²) in [5.41, 5.74) is 2.64. The molecular formula is C24H25FN4OS. The molecule has 1 amide bonds. The second-order valence-corrected chi connectivity index (χ2v) is 9.20. The third-order valence-electron chi connectivity index (χ3n) is 6.04. The first-order chi connectivity index (χ1) is 15.2. The van der Waals surface area contributed by atoms with Crippen molar-refractivity contribution in [1.29, 1.82) is 0 Å². The predicted octanol–water partition coefficient (Wildman–Crippen LogP) is 4.13. The minimum absolute atomic E-state index is 0.00699. The highest BCUT2D eigenvalue weighted by molar-refractivity contribution is 8.04. The van der Waals surface area contributed by atoms with E-state index < -0.39 is 0 Å². The normalized spacial score (nSPS) is 17.0. The number of imidazole rings is 1. The maximum Gasteiger partial charge on any atom is 0.258 e. The smallest absolute Gasteiger partial charge is 0.258 e. The summed E-state index contributed by atoms with van der Waals surface area (Å²) in [6.07, 6.45) is 7.32. The number of hydrogen-bond donors (Lipinski definition) is 1. The standard InChI is InChI=1S/C24H25FN4OS/c25-20-7-2-1-5-17(20)6-4-12-28-13-10-18(11-14-28)27-24(30)21-15-19-16-26-22-8-3-9-23(31-21)29(19)22/h1-3,5,7-9,15-16,18H,4,6,10-14H2,(H,27,30). The number of nitrogens with zero attached hydrogens (tertiary/aromatic N) is 3. The summed E-state index contributed by atoms with van der Waals surface area (Å²) in [5, 5.41) is 4.24. The highest BCUT2D eigenvalue weighted by Crippen LogP contribution is 2.34. The minimum Gasteiger partial charge on any atom is -0.349 e. The molecule has 2 aromatic heterocycles. The largest absolute Gasteiger partial charge is 0.349 e. The van der Waals surface area contributed by atoms with Gasteiger partial charge in [-0.1, -0.05) is 36.0 Å². The first-order valence-corrected chi connectivity index (χ1v) is 11.6. The molecule has 0 saturated carbocycles. The quantitative estimate of drug-likeness (QED) is 0.631. The predicted molar refractivity (Wildman–Crippen MR) is 121 cm³/mol. The van der Waals surface area contributed by atoms with E-state index >= 15 is 0 Å². The molecule has 1 saturated heterocycles. The van der Waals surface area contributed by atoms with Gasteiger partial charge in [0.15, 0.2) is 0 Å². The summed E-state index contributed by atoms with van der Waals surface area (Å²) < 4.78 is 15.8. The van der Waals surface area contributed by atoms with Crippen LogP contribution in [0.25, 0.3) is 11.7 Å². The third kappa shape index (κ3) is 4.38. The Balaban J connectivity index is 1.11. The van der Waals surface area contributed by atoms with Gasteiger partial charge in [-0.05, 0) is 62.1 Å². The molecule has 0 aliphatic carbocycles. The van der Waals surface area contributed by atoms with Gasteiger partial charge < -0.3 is 10.2 Å². The van der Waals surface area contributed by atoms with Crippen molar-refractivity contribution in [3.05, 3.63) is 70.6 Å². The summed E-state index contributed by atoms with van der Waals surface area (Å²) in [5.74, 6) is -0.120. The van der Waals surface area contributed by atoms with Gasteiger partial charge in [0.25, 0.3) is 5.91 Å². The van der Waals surface area contributed by atoms with Crippen molar-refractivity contribution in [2.45, 2.75) is 36.8 Å². The summed E-state index contributed by atoms with van der Waals surface area (Å²) in [4.78, 5) is 20.4. The van der Waals surface area contributed by atoms with Crippen LogP contribution in [-0.4, -0.2) is 45.9 Å². The SMILES string of the molecule is O=C(NC1CCN(CCCc2ccccc2F)CC1)C1=Cc2cnc3cccc(n23)S1. The topological polar surface area (TPSA) is 49.6 Å². The van der Waals surface area contributed by atoms with E-state index in [0.29, 0.717) is 4.91 Å². The van der Waals surface area contributed by atoms with E-state index in [4.69, 9.17) is 0 Å². The van der Waals surface area contributed by atoms with Crippen LogP contribution in [-0.2, 0) is 11.2 Å². The van der Waals surface area contributed by atoms with Crippen molar-refractivity contribution in [3.8, 4) is 0 Å². The van der Waals surface area contributed by atoms with Crippen LogP contribution in [0.3, 0.4) is 0 Å². The number of carbonyl (C=O) groups is 1. The monoisotopic (exact) mass is 436 g/mol. The van der Waals surface area contributed by atoms with Gasteiger partial charge in [-0.2, -0.15) is 0 Å². The molecule has 5 nitrogen and oxygen atoms in total. The van der Waals surface area contributed by atoms with Crippen molar-refractivity contribution >= 4 is 29.4 Å². The molecule has 0 bridgehead atoms. The number of carbonyl (C=O) groups excluding carboxylic acids is 1. The van der Waals surface area contributed by atoms with Crippen molar-refractivity contribution in [1.82, 2.24) is 19.6 Å². The van der Waals surface area contributed by atoms with Crippen LogP contribution in [0.2, 0.25) is 0 Å². The molecule has 31 heavy (non-hydrogen) atoms. The van der Waals surface area contributed by atoms with E-state index in [0.717, 1.165) is 67.2 Å². The number of pyridine rings is 1. The highest BCUT2D eigenvalue weighted by Gasteiger charge is 2.24. The van der Waals surface area contributed by atoms with Crippen molar-refractivity contribution in [2.75, 3.05) is 19.6 Å². The Kier molecular flexibility index (Phi) is 5.78. The fourth-order valence-corrected chi connectivity index (χ4v) is 5.34. The maximum absolute atomic E-state index is 13.7. The Morgan fingerprint density at radius 2 is 2.00 bits per heavy atom. The molecule has 5 rings (SSSR count). The van der Waals surface area contributed by atoms with Crippen LogP contribution in [0.5, 0.6) is 0 Å². The lowest BCUT2D eigenvalue weighted by atomic mass is 10.0. The number of likely N-dealkylation sites (tertiary alicyclic amines) is 1.